The molecule has 2 aromatic rings. The summed E-state index contributed by atoms with van der Waals surface area (Å²) >= 11 is 9.37. The lowest BCUT2D eigenvalue weighted by molar-refractivity contribution is 0.289. The summed E-state index contributed by atoms with van der Waals surface area (Å²) in [6.07, 6.45) is 0. The molecule has 6 heteroatoms. The summed E-state index contributed by atoms with van der Waals surface area (Å²) in [5.41, 5.74) is 2.42. The maximum absolute atomic E-state index is 13.7. The third kappa shape index (κ3) is 3.09. The summed E-state index contributed by atoms with van der Waals surface area (Å²) in [4.78, 5) is 0. The van der Waals surface area contributed by atoms with Crippen LogP contribution in [0.1, 0.15) is 16.8 Å². The highest BCUT2D eigenvalue weighted by Gasteiger charge is 2.13. The first kappa shape index (κ1) is 14.3. The van der Waals surface area contributed by atoms with Gasteiger partial charge < -0.3 is 4.74 Å². The standard InChI is InChI=1S/C13H13BrClFN2O/c1-8-10(13(15)18(2)17-8)7-19-12-4-3-9(6-14)5-11(12)16/h3-5H,6-7H2,1-2H3. The zero-order valence-electron chi connectivity index (χ0n) is 10.6. The lowest BCUT2D eigenvalue weighted by atomic mass is 10.2. The van der Waals surface area contributed by atoms with Crippen molar-refractivity contribution in [3.8, 4) is 5.75 Å². The maximum atomic E-state index is 13.7. The Balaban J connectivity index is 2.14. The topological polar surface area (TPSA) is 27.1 Å². The van der Waals surface area contributed by atoms with Crippen LogP contribution in [0.25, 0.3) is 0 Å². The van der Waals surface area contributed by atoms with Crippen molar-refractivity contribution < 1.29 is 9.13 Å². The molecule has 0 unspecified atom stereocenters. The fraction of sp³-hybridized carbons (Fsp3) is 0.308. The van der Waals surface area contributed by atoms with Crippen LogP contribution in [0, 0.1) is 12.7 Å². The van der Waals surface area contributed by atoms with Crippen LogP contribution in [0.5, 0.6) is 5.75 Å². The number of nitrogens with zero attached hydrogens (tertiary/aromatic N) is 2. The fourth-order valence-corrected chi connectivity index (χ4v) is 2.31. The van der Waals surface area contributed by atoms with Crippen molar-refractivity contribution in [3.63, 3.8) is 0 Å². The lowest BCUT2D eigenvalue weighted by Gasteiger charge is -2.08. The van der Waals surface area contributed by atoms with Crippen LogP contribution in [0.2, 0.25) is 5.15 Å². The summed E-state index contributed by atoms with van der Waals surface area (Å²) in [5.74, 6) is -0.168. The highest BCUT2D eigenvalue weighted by Crippen LogP contribution is 2.24. The van der Waals surface area contributed by atoms with E-state index in [2.05, 4.69) is 21.0 Å². The molecule has 0 bridgehead atoms. The van der Waals surface area contributed by atoms with Crippen LogP contribution in [-0.2, 0) is 19.0 Å². The number of aromatic nitrogens is 2. The van der Waals surface area contributed by atoms with E-state index in [4.69, 9.17) is 16.3 Å². The van der Waals surface area contributed by atoms with Crippen molar-refractivity contribution in [3.05, 3.63) is 46.0 Å². The summed E-state index contributed by atoms with van der Waals surface area (Å²) in [5, 5.41) is 5.30. The van der Waals surface area contributed by atoms with E-state index in [1.165, 1.54) is 6.07 Å². The van der Waals surface area contributed by atoms with Gasteiger partial charge in [-0.05, 0) is 24.6 Å². The number of aryl methyl sites for hydroxylation is 2. The van der Waals surface area contributed by atoms with Crippen LogP contribution in [0.3, 0.4) is 0 Å². The summed E-state index contributed by atoms with van der Waals surface area (Å²) in [6.45, 7) is 2.04. The molecule has 0 radical (unpaired) electrons. The molecule has 0 fully saturated rings. The number of benzene rings is 1. The number of ether oxygens (including phenoxy) is 1. The number of alkyl halides is 1. The Morgan fingerprint density at radius 1 is 1.47 bits per heavy atom. The van der Waals surface area contributed by atoms with E-state index >= 15 is 0 Å². The van der Waals surface area contributed by atoms with Gasteiger partial charge >= 0.3 is 0 Å². The number of hydrogen-bond acceptors (Lipinski definition) is 2. The molecule has 0 aliphatic carbocycles. The van der Waals surface area contributed by atoms with Gasteiger partial charge in [0.05, 0.1) is 5.69 Å². The highest BCUT2D eigenvalue weighted by molar-refractivity contribution is 9.08. The van der Waals surface area contributed by atoms with Gasteiger partial charge in [-0.3, -0.25) is 4.68 Å². The van der Waals surface area contributed by atoms with Crippen molar-refractivity contribution in [1.29, 1.82) is 0 Å². The van der Waals surface area contributed by atoms with Gasteiger partial charge in [0, 0.05) is 17.9 Å². The van der Waals surface area contributed by atoms with E-state index < -0.39 is 0 Å². The number of halogens is 3. The monoisotopic (exact) mass is 346 g/mol. The largest absolute Gasteiger partial charge is 0.486 e. The zero-order chi connectivity index (χ0) is 14.0. The Morgan fingerprint density at radius 2 is 2.21 bits per heavy atom. The summed E-state index contributed by atoms with van der Waals surface area (Å²) in [6, 6.07) is 4.87. The van der Waals surface area contributed by atoms with Gasteiger partial charge in [-0.2, -0.15) is 5.10 Å². The van der Waals surface area contributed by atoms with Crippen molar-refractivity contribution in [1.82, 2.24) is 9.78 Å². The van der Waals surface area contributed by atoms with Crippen molar-refractivity contribution in [2.45, 2.75) is 18.9 Å². The molecule has 0 amide bonds. The second-order valence-electron chi connectivity index (χ2n) is 4.17. The summed E-state index contributed by atoms with van der Waals surface area (Å²) in [7, 11) is 1.75. The first-order valence-electron chi connectivity index (χ1n) is 5.68. The zero-order valence-corrected chi connectivity index (χ0v) is 12.9. The van der Waals surface area contributed by atoms with Gasteiger partial charge in [-0.15, -0.1) is 0 Å². The number of rotatable bonds is 4. The van der Waals surface area contributed by atoms with Gasteiger partial charge in [0.2, 0.25) is 0 Å². The third-order valence-electron chi connectivity index (χ3n) is 2.79. The lowest BCUT2D eigenvalue weighted by Crippen LogP contribution is -1.99. The van der Waals surface area contributed by atoms with Crippen LogP contribution in [-0.4, -0.2) is 9.78 Å². The quantitative estimate of drug-likeness (QED) is 0.782. The minimum atomic E-state index is -0.380. The molecule has 0 spiro atoms. The molecule has 3 nitrogen and oxygen atoms in total. The van der Waals surface area contributed by atoms with Gasteiger partial charge in [0.1, 0.15) is 11.8 Å². The molecule has 0 saturated heterocycles. The highest BCUT2D eigenvalue weighted by atomic mass is 79.9. The molecule has 102 valence electrons. The Bertz CT molecular complexity index is 601. The second kappa shape index (κ2) is 5.92. The first-order valence-corrected chi connectivity index (χ1v) is 7.18. The number of hydrogen-bond donors (Lipinski definition) is 0. The Hall–Kier alpha value is -1.07. The van der Waals surface area contributed by atoms with E-state index in [0.717, 1.165) is 16.8 Å². The predicted molar refractivity (Wildman–Crippen MR) is 76.3 cm³/mol. The SMILES string of the molecule is Cc1nn(C)c(Cl)c1COc1ccc(CBr)cc1F. The minimum Gasteiger partial charge on any atom is -0.486 e. The molecule has 0 aliphatic rings. The molecule has 1 heterocycles. The Labute approximate surface area is 124 Å². The van der Waals surface area contributed by atoms with Crippen molar-refractivity contribution in [2.24, 2.45) is 7.05 Å². The molecule has 19 heavy (non-hydrogen) atoms. The Morgan fingerprint density at radius 3 is 2.74 bits per heavy atom. The molecular formula is C13H13BrClFN2O. The van der Waals surface area contributed by atoms with Gasteiger partial charge in [-0.1, -0.05) is 33.6 Å². The van der Waals surface area contributed by atoms with E-state index in [-0.39, 0.29) is 18.2 Å². The van der Waals surface area contributed by atoms with Gasteiger partial charge in [0.25, 0.3) is 0 Å². The summed E-state index contributed by atoms with van der Waals surface area (Å²) < 4.78 is 20.8. The van der Waals surface area contributed by atoms with Gasteiger partial charge in [-0.25, -0.2) is 4.39 Å². The molecule has 1 aromatic heterocycles. The molecule has 0 saturated carbocycles. The average molecular weight is 348 g/mol. The molecule has 0 N–H and O–H groups in total. The normalized spacial score (nSPS) is 10.8. The molecular weight excluding hydrogens is 335 g/mol. The fourth-order valence-electron chi connectivity index (χ4n) is 1.73. The van der Waals surface area contributed by atoms with E-state index in [1.807, 2.05) is 13.0 Å². The van der Waals surface area contributed by atoms with E-state index in [0.29, 0.717) is 10.5 Å². The molecule has 0 aliphatic heterocycles. The van der Waals surface area contributed by atoms with E-state index in [1.54, 1.807) is 17.8 Å². The van der Waals surface area contributed by atoms with Gasteiger partial charge in [0.15, 0.2) is 11.6 Å². The third-order valence-corrected chi connectivity index (χ3v) is 3.91. The van der Waals surface area contributed by atoms with Crippen LogP contribution >= 0.6 is 27.5 Å². The Kier molecular flexibility index (Phi) is 4.47. The van der Waals surface area contributed by atoms with Crippen LogP contribution in [0.4, 0.5) is 4.39 Å². The predicted octanol–water partition coefficient (Wildman–Crippen LogP) is 3.99. The van der Waals surface area contributed by atoms with Crippen molar-refractivity contribution >= 4 is 27.5 Å². The van der Waals surface area contributed by atoms with Crippen molar-refractivity contribution in [2.75, 3.05) is 0 Å². The van der Waals surface area contributed by atoms with E-state index in [9.17, 15) is 4.39 Å². The molecule has 1 aromatic carbocycles. The molecule has 2 rings (SSSR count). The second-order valence-corrected chi connectivity index (χ2v) is 5.08. The first-order chi connectivity index (χ1) is 9.02. The van der Waals surface area contributed by atoms with Crippen LogP contribution in [0.15, 0.2) is 18.2 Å². The maximum Gasteiger partial charge on any atom is 0.165 e. The van der Waals surface area contributed by atoms with Crippen LogP contribution < -0.4 is 4.74 Å². The average Bonchev–Trinajstić information content (AvgIpc) is 2.62. The molecule has 0 atom stereocenters. The smallest absolute Gasteiger partial charge is 0.165 e. The minimum absolute atomic E-state index is 0.198.